The number of carbonyl (C=O) groups excluding carboxylic acids is 2. The monoisotopic (exact) mass is 448 g/mol. The first kappa shape index (κ1) is 24.3. The second-order valence-electron chi connectivity index (χ2n) is 7.87. The van der Waals surface area contributed by atoms with Crippen LogP contribution >= 0.6 is 0 Å². The lowest BCUT2D eigenvalue weighted by Crippen LogP contribution is -2.34. The van der Waals surface area contributed by atoms with Crippen LogP contribution in [-0.2, 0) is 16.0 Å². The summed E-state index contributed by atoms with van der Waals surface area (Å²) in [5.41, 5.74) is 4.31. The number of anilines is 1. The Labute approximate surface area is 194 Å². The minimum Gasteiger partial charge on any atom is -0.383 e. The van der Waals surface area contributed by atoms with Crippen molar-refractivity contribution in [3.05, 3.63) is 83.4 Å². The summed E-state index contributed by atoms with van der Waals surface area (Å²) >= 11 is 0. The Balaban J connectivity index is 1.70. The first-order valence-electron chi connectivity index (χ1n) is 11.1. The highest BCUT2D eigenvalue weighted by atomic mass is 19.1. The molecule has 0 saturated carbocycles. The van der Waals surface area contributed by atoms with Crippen LogP contribution in [0, 0.1) is 12.7 Å². The number of Topliss-reactive ketones (excluding diaryl/α,β-unsaturated/α-hetero) is 1. The molecule has 1 amide bonds. The van der Waals surface area contributed by atoms with Crippen molar-refractivity contribution >= 4 is 17.4 Å². The van der Waals surface area contributed by atoms with Gasteiger partial charge in [0.1, 0.15) is 5.82 Å². The summed E-state index contributed by atoms with van der Waals surface area (Å²) in [6, 6.07) is 15.9. The van der Waals surface area contributed by atoms with Crippen LogP contribution < -0.4 is 4.90 Å². The molecule has 0 radical (unpaired) electrons. The number of rotatable bonds is 10. The molecule has 0 aliphatic heterocycles. The molecular weight excluding hydrogens is 419 g/mol. The number of methoxy groups -OCH3 is 1. The number of aryl methyl sites for hydroxylation is 2. The molecule has 172 valence electrons. The van der Waals surface area contributed by atoms with E-state index in [2.05, 4.69) is 4.98 Å². The predicted octanol–water partition coefficient (Wildman–Crippen LogP) is 5.40. The third-order valence-electron chi connectivity index (χ3n) is 5.51. The van der Waals surface area contributed by atoms with Crippen molar-refractivity contribution in [1.29, 1.82) is 0 Å². The smallest absolute Gasteiger partial charge is 0.226 e. The third kappa shape index (κ3) is 6.33. The number of ketones is 1. The topological polar surface area (TPSA) is 59.5 Å². The number of benzene rings is 2. The predicted molar refractivity (Wildman–Crippen MR) is 128 cm³/mol. The van der Waals surface area contributed by atoms with Gasteiger partial charge in [-0.25, -0.2) is 4.39 Å². The van der Waals surface area contributed by atoms with Crippen LogP contribution in [0.2, 0.25) is 0 Å². The fourth-order valence-corrected chi connectivity index (χ4v) is 3.56. The average Bonchev–Trinajstić information content (AvgIpc) is 2.84. The van der Waals surface area contributed by atoms with Gasteiger partial charge < -0.3 is 9.64 Å². The third-order valence-corrected chi connectivity index (χ3v) is 5.51. The Hall–Kier alpha value is -3.38. The molecule has 6 heteroatoms. The van der Waals surface area contributed by atoms with Gasteiger partial charge in [0, 0.05) is 44.0 Å². The summed E-state index contributed by atoms with van der Waals surface area (Å²) in [5, 5.41) is 0. The van der Waals surface area contributed by atoms with Crippen LogP contribution in [0.5, 0.6) is 0 Å². The van der Waals surface area contributed by atoms with Crippen molar-refractivity contribution in [3.63, 3.8) is 0 Å². The molecule has 3 aromatic rings. The Morgan fingerprint density at radius 1 is 1.03 bits per heavy atom. The summed E-state index contributed by atoms with van der Waals surface area (Å²) < 4.78 is 20.0. The van der Waals surface area contributed by atoms with E-state index in [1.165, 1.54) is 11.0 Å². The van der Waals surface area contributed by atoms with E-state index in [-0.39, 0.29) is 30.3 Å². The van der Waals surface area contributed by atoms with Gasteiger partial charge in [-0.05, 0) is 48.2 Å². The van der Waals surface area contributed by atoms with E-state index in [4.69, 9.17) is 4.74 Å². The summed E-state index contributed by atoms with van der Waals surface area (Å²) in [4.78, 5) is 30.5. The van der Waals surface area contributed by atoms with Crippen molar-refractivity contribution in [2.24, 2.45) is 0 Å². The van der Waals surface area contributed by atoms with Crippen LogP contribution in [0.4, 0.5) is 10.1 Å². The molecule has 0 aliphatic rings. The molecule has 1 heterocycles. The van der Waals surface area contributed by atoms with Crippen LogP contribution in [0.1, 0.15) is 41.4 Å². The van der Waals surface area contributed by atoms with E-state index in [1.54, 1.807) is 44.5 Å². The lowest BCUT2D eigenvalue weighted by Gasteiger charge is -2.23. The molecule has 0 bridgehead atoms. The quantitative estimate of drug-likeness (QED) is 0.390. The van der Waals surface area contributed by atoms with Crippen molar-refractivity contribution < 1.29 is 18.7 Å². The van der Waals surface area contributed by atoms with Gasteiger partial charge in [-0.15, -0.1) is 0 Å². The summed E-state index contributed by atoms with van der Waals surface area (Å²) in [7, 11) is 1.54. The fourth-order valence-electron chi connectivity index (χ4n) is 3.56. The minimum atomic E-state index is -0.475. The second-order valence-corrected chi connectivity index (χ2v) is 7.87. The molecular formula is C27H29FN2O3. The molecule has 0 atom stereocenters. The number of ether oxygens (including phenoxy) is 1. The lowest BCUT2D eigenvalue weighted by molar-refractivity contribution is -0.118. The zero-order valence-electron chi connectivity index (χ0n) is 19.3. The standard InChI is InChI=1S/C27H29FN2O3/c1-4-27(32)30(15-16-33-3)25-13-12-23(17-24(25)28)21-8-10-22(11-9-21)26(31)14-7-20-6-5-19(2)29-18-20/h5-6,8-13,17-18H,4,7,14-16H2,1-3H3. The van der Waals surface area contributed by atoms with Crippen LogP contribution in [0.3, 0.4) is 0 Å². The van der Waals surface area contributed by atoms with E-state index in [1.807, 2.05) is 31.2 Å². The number of amides is 1. The molecule has 0 fully saturated rings. The molecule has 1 aromatic heterocycles. The number of carbonyl (C=O) groups is 2. The number of halogens is 1. The van der Waals surface area contributed by atoms with Gasteiger partial charge in [0.05, 0.1) is 12.3 Å². The van der Waals surface area contributed by atoms with Gasteiger partial charge in [-0.1, -0.05) is 43.3 Å². The SMILES string of the molecule is CCC(=O)N(CCOC)c1ccc(-c2ccc(C(=O)CCc3ccc(C)nc3)cc2)cc1F. The van der Waals surface area contributed by atoms with Crippen molar-refractivity contribution in [2.75, 3.05) is 25.2 Å². The molecule has 0 spiro atoms. The minimum absolute atomic E-state index is 0.0514. The van der Waals surface area contributed by atoms with E-state index < -0.39 is 5.82 Å². The van der Waals surface area contributed by atoms with Gasteiger partial charge in [0.15, 0.2) is 5.78 Å². The number of hydrogen-bond donors (Lipinski definition) is 0. The zero-order chi connectivity index (χ0) is 23.8. The molecule has 0 aliphatic carbocycles. The molecule has 5 nitrogen and oxygen atoms in total. The maximum Gasteiger partial charge on any atom is 0.226 e. The van der Waals surface area contributed by atoms with Gasteiger partial charge in [0.2, 0.25) is 5.91 Å². The van der Waals surface area contributed by atoms with E-state index in [0.29, 0.717) is 30.6 Å². The summed E-state index contributed by atoms with van der Waals surface area (Å²) in [5.74, 6) is -0.587. The summed E-state index contributed by atoms with van der Waals surface area (Å²) in [6.07, 6.45) is 3.11. The molecule has 3 rings (SSSR count). The van der Waals surface area contributed by atoms with Crippen molar-refractivity contribution in [1.82, 2.24) is 4.98 Å². The Bertz CT molecular complexity index is 1100. The number of hydrogen-bond acceptors (Lipinski definition) is 4. The van der Waals surface area contributed by atoms with E-state index >= 15 is 0 Å². The molecule has 0 saturated heterocycles. The first-order valence-corrected chi connectivity index (χ1v) is 11.1. The van der Waals surface area contributed by atoms with Gasteiger partial charge in [-0.3, -0.25) is 14.6 Å². The van der Waals surface area contributed by atoms with Crippen LogP contribution in [0.15, 0.2) is 60.8 Å². The highest BCUT2D eigenvalue weighted by Gasteiger charge is 2.18. The van der Waals surface area contributed by atoms with Crippen molar-refractivity contribution in [2.45, 2.75) is 33.1 Å². The van der Waals surface area contributed by atoms with E-state index in [9.17, 15) is 14.0 Å². The maximum absolute atomic E-state index is 14.9. The van der Waals surface area contributed by atoms with E-state index in [0.717, 1.165) is 16.8 Å². The Morgan fingerprint density at radius 2 is 1.76 bits per heavy atom. The van der Waals surface area contributed by atoms with Gasteiger partial charge in [-0.2, -0.15) is 0 Å². The molecule has 33 heavy (non-hydrogen) atoms. The van der Waals surface area contributed by atoms with Gasteiger partial charge in [0.25, 0.3) is 0 Å². The fraction of sp³-hybridized carbons (Fsp3) is 0.296. The van der Waals surface area contributed by atoms with Crippen LogP contribution in [0.25, 0.3) is 11.1 Å². The number of aromatic nitrogens is 1. The Morgan fingerprint density at radius 3 is 2.36 bits per heavy atom. The number of nitrogens with zero attached hydrogens (tertiary/aromatic N) is 2. The van der Waals surface area contributed by atoms with Crippen molar-refractivity contribution in [3.8, 4) is 11.1 Å². The first-order chi connectivity index (χ1) is 15.9. The zero-order valence-corrected chi connectivity index (χ0v) is 19.3. The second kappa shape index (κ2) is 11.5. The largest absolute Gasteiger partial charge is 0.383 e. The summed E-state index contributed by atoms with van der Waals surface area (Å²) in [6.45, 7) is 4.28. The average molecular weight is 449 g/mol. The highest BCUT2D eigenvalue weighted by Crippen LogP contribution is 2.27. The normalized spacial score (nSPS) is 10.8. The van der Waals surface area contributed by atoms with Crippen LogP contribution in [-0.4, -0.2) is 36.9 Å². The molecule has 2 aromatic carbocycles. The Kier molecular flexibility index (Phi) is 8.44. The molecule has 0 N–H and O–H groups in total. The number of pyridine rings is 1. The lowest BCUT2D eigenvalue weighted by atomic mass is 9.99. The highest BCUT2D eigenvalue weighted by molar-refractivity contribution is 5.96. The van der Waals surface area contributed by atoms with Gasteiger partial charge >= 0.3 is 0 Å². The maximum atomic E-state index is 14.9. The molecule has 0 unspecified atom stereocenters.